The molecule has 2 N–H and O–H groups in total. The van der Waals surface area contributed by atoms with Crippen LogP contribution >= 0.6 is 11.8 Å². The van der Waals surface area contributed by atoms with E-state index in [0.717, 1.165) is 17.8 Å². The second kappa shape index (κ2) is 12.1. The maximum absolute atomic E-state index is 15.3. The lowest BCUT2D eigenvalue weighted by molar-refractivity contribution is -0.137. The highest BCUT2D eigenvalue weighted by Crippen LogP contribution is 2.30. The van der Waals surface area contributed by atoms with Gasteiger partial charge in [-0.1, -0.05) is 11.8 Å². The summed E-state index contributed by atoms with van der Waals surface area (Å²) in [5, 5.41) is 5.95. The van der Waals surface area contributed by atoms with Crippen LogP contribution in [0.4, 0.5) is 24.5 Å². The number of amides is 3. The Morgan fingerprint density at radius 1 is 1.13 bits per heavy atom. The molecule has 14 heteroatoms. The van der Waals surface area contributed by atoms with Crippen LogP contribution in [0.5, 0.6) is 0 Å². The number of nitrogens with one attached hydrogen (secondary N) is 2. The van der Waals surface area contributed by atoms with E-state index < -0.39 is 52.6 Å². The van der Waals surface area contributed by atoms with Crippen LogP contribution in [0.2, 0.25) is 0 Å². The quantitative estimate of drug-likeness (QED) is 0.172. The van der Waals surface area contributed by atoms with Crippen molar-refractivity contribution in [1.82, 2.24) is 10.7 Å². The molecule has 0 spiro atoms. The van der Waals surface area contributed by atoms with Crippen LogP contribution in [-0.2, 0) is 23.7 Å². The van der Waals surface area contributed by atoms with E-state index in [2.05, 4.69) is 15.8 Å². The number of ether oxygens (including phenoxy) is 4. The maximum atomic E-state index is 15.3. The molecule has 39 heavy (non-hydrogen) atoms. The molecule has 0 aliphatic carbocycles. The minimum atomic E-state index is -0.850. The van der Waals surface area contributed by atoms with Gasteiger partial charge in [0, 0.05) is 12.0 Å². The van der Waals surface area contributed by atoms with Gasteiger partial charge in [0.25, 0.3) is 0 Å². The summed E-state index contributed by atoms with van der Waals surface area (Å²) in [6.07, 6.45) is -2.48. The Hall–Kier alpha value is -3.55. The minimum Gasteiger partial charge on any atom is -0.465 e. The van der Waals surface area contributed by atoms with Gasteiger partial charge in [0.15, 0.2) is 0 Å². The third-order valence-electron chi connectivity index (χ3n) is 5.03. The maximum Gasteiger partial charge on any atom is 0.428 e. The average Bonchev–Trinajstić information content (AvgIpc) is 3.37. The Morgan fingerprint density at radius 3 is 2.38 bits per heavy atom. The summed E-state index contributed by atoms with van der Waals surface area (Å²) in [6, 6.07) is 3.99. The third-order valence-corrected chi connectivity index (χ3v) is 6.28. The van der Waals surface area contributed by atoms with Crippen LogP contribution < -0.4 is 15.6 Å². The largest absolute Gasteiger partial charge is 0.465 e. The summed E-state index contributed by atoms with van der Waals surface area (Å²) in [5.41, 5.74) is 0.985. The molecule has 3 amide bonds. The Balaban J connectivity index is 1.73. The molecule has 2 heterocycles. The molecule has 2 aliphatic rings. The number of cyclic esters (lactones) is 2. The van der Waals surface area contributed by atoms with Crippen molar-refractivity contribution in [2.24, 2.45) is 5.10 Å². The van der Waals surface area contributed by atoms with Crippen LogP contribution in [0.1, 0.15) is 53.5 Å². The molecule has 0 bridgehead atoms. The normalized spacial score (nSPS) is 19.9. The summed E-state index contributed by atoms with van der Waals surface area (Å²) in [5.74, 6) is -1.22. The van der Waals surface area contributed by atoms with Crippen LogP contribution in [0.25, 0.3) is 0 Å². The molecule has 2 fully saturated rings. The fourth-order valence-corrected chi connectivity index (χ4v) is 4.50. The Morgan fingerprint density at radius 2 is 1.79 bits per heavy atom. The molecular weight excluding hydrogens is 535 g/mol. The van der Waals surface area contributed by atoms with Crippen LogP contribution in [0.3, 0.4) is 0 Å². The summed E-state index contributed by atoms with van der Waals surface area (Å²) in [6.45, 7) is 10.5. The molecule has 1 aromatic rings. The number of rotatable bonds is 6. The van der Waals surface area contributed by atoms with Crippen molar-refractivity contribution in [3.63, 3.8) is 0 Å². The zero-order valence-corrected chi connectivity index (χ0v) is 23.5. The van der Waals surface area contributed by atoms with Gasteiger partial charge in [0.05, 0.1) is 25.4 Å². The van der Waals surface area contributed by atoms with Gasteiger partial charge in [-0.3, -0.25) is 9.69 Å². The highest BCUT2D eigenvalue weighted by Gasteiger charge is 2.34. The van der Waals surface area contributed by atoms with E-state index in [1.165, 1.54) is 17.0 Å². The molecule has 0 saturated carbocycles. The van der Waals surface area contributed by atoms with Crippen molar-refractivity contribution in [3.05, 3.63) is 29.6 Å². The standard InChI is InChI=1S/C25H33FN4O8S/c1-24(2,3)37-21(32)27-12-15-13-30(23(34)36-15)14-7-8-16(17(26)11-14)19(39-18-9-10-35-20(18)31)28-29-22(33)38-25(4,5)6/h7-8,11,15,18H,9-10,12-13H2,1-6H3,(H,27,32)(H,29,33)/t15-,18?/m0/s1. The van der Waals surface area contributed by atoms with Crippen LogP contribution in [0.15, 0.2) is 23.3 Å². The zero-order valence-electron chi connectivity index (χ0n) is 22.7. The summed E-state index contributed by atoms with van der Waals surface area (Å²) in [7, 11) is 0. The fraction of sp³-hybridized carbons (Fsp3) is 0.560. The Kier molecular flexibility index (Phi) is 9.30. The minimum absolute atomic E-state index is 0.00443. The van der Waals surface area contributed by atoms with Gasteiger partial charge in [-0.15, -0.1) is 0 Å². The number of carbonyl (C=O) groups excluding carboxylic acids is 4. The summed E-state index contributed by atoms with van der Waals surface area (Å²) < 4.78 is 36.0. The number of esters is 1. The van der Waals surface area contributed by atoms with E-state index in [4.69, 9.17) is 18.9 Å². The fourth-order valence-electron chi connectivity index (χ4n) is 3.46. The Labute approximate surface area is 229 Å². The lowest BCUT2D eigenvalue weighted by atomic mass is 10.2. The number of alkyl carbamates (subject to hydrolysis) is 1. The van der Waals surface area contributed by atoms with Crippen molar-refractivity contribution >= 4 is 46.7 Å². The average molecular weight is 569 g/mol. The number of thioether (sulfide) groups is 1. The molecule has 1 unspecified atom stereocenters. The van der Waals surface area contributed by atoms with E-state index in [9.17, 15) is 19.2 Å². The number of anilines is 1. The van der Waals surface area contributed by atoms with Gasteiger partial charge in [-0.25, -0.2) is 24.2 Å². The van der Waals surface area contributed by atoms with Crippen molar-refractivity contribution in [3.8, 4) is 0 Å². The Bertz CT molecular complexity index is 1150. The smallest absolute Gasteiger partial charge is 0.428 e. The van der Waals surface area contributed by atoms with Gasteiger partial charge < -0.3 is 24.3 Å². The van der Waals surface area contributed by atoms with Crippen molar-refractivity contribution in [1.29, 1.82) is 0 Å². The van der Waals surface area contributed by atoms with Gasteiger partial charge in [-0.05, 0) is 59.7 Å². The monoisotopic (exact) mass is 568 g/mol. The zero-order chi connectivity index (χ0) is 29.0. The molecule has 2 saturated heterocycles. The topological polar surface area (TPSA) is 145 Å². The van der Waals surface area contributed by atoms with Crippen molar-refractivity contribution in [2.45, 2.75) is 70.5 Å². The molecule has 3 rings (SSSR count). The van der Waals surface area contributed by atoms with Crippen molar-refractivity contribution < 1.29 is 42.5 Å². The van der Waals surface area contributed by atoms with Crippen LogP contribution in [-0.4, -0.2) is 71.5 Å². The number of halogens is 1. The summed E-state index contributed by atoms with van der Waals surface area (Å²) in [4.78, 5) is 49.7. The second-order valence-corrected chi connectivity index (χ2v) is 11.9. The number of benzene rings is 1. The van der Waals surface area contributed by atoms with E-state index in [0.29, 0.717) is 6.42 Å². The number of carbonyl (C=O) groups is 4. The first-order valence-electron chi connectivity index (χ1n) is 12.3. The molecule has 0 aromatic heterocycles. The predicted octanol–water partition coefficient (Wildman–Crippen LogP) is 3.91. The van der Waals surface area contributed by atoms with E-state index in [1.807, 2.05) is 0 Å². The third kappa shape index (κ3) is 9.01. The second-order valence-electron chi connectivity index (χ2n) is 10.8. The number of hydrogen-bond acceptors (Lipinski definition) is 10. The molecule has 214 valence electrons. The molecule has 0 radical (unpaired) electrons. The van der Waals surface area contributed by atoms with Crippen molar-refractivity contribution in [2.75, 3.05) is 24.6 Å². The first kappa shape index (κ1) is 30.0. The molecular formula is C25H33FN4O8S. The number of hydrogen-bond donors (Lipinski definition) is 2. The van der Waals surface area contributed by atoms with E-state index in [-0.39, 0.29) is 36.0 Å². The lowest BCUT2D eigenvalue weighted by Gasteiger charge is -2.20. The highest BCUT2D eigenvalue weighted by atomic mass is 32.2. The van der Waals surface area contributed by atoms with Gasteiger partial charge in [0.2, 0.25) is 0 Å². The first-order valence-corrected chi connectivity index (χ1v) is 13.1. The molecule has 12 nitrogen and oxygen atoms in total. The first-order chi connectivity index (χ1) is 18.1. The molecule has 2 aliphatic heterocycles. The number of hydrazone groups is 1. The highest BCUT2D eigenvalue weighted by molar-refractivity contribution is 8.15. The number of nitrogens with zero attached hydrogens (tertiary/aromatic N) is 2. The summed E-state index contributed by atoms with van der Waals surface area (Å²) >= 11 is 0.948. The molecule has 2 atom stereocenters. The van der Waals surface area contributed by atoms with E-state index in [1.54, 1.807) is 41.5 Å². The molecule has 1 aromatic carbocycles. The lowest BCUT2D eigenvalue weighted by Crippen LogP contribution is -2.38. The van der Waals surface area contributed by atoms with E-state index >= 15 is 4.39 Å². The van der Waals surface area contributed by atoms with Gasteiger partial charge in [0.1, 0.15) is 33.4 Å². The van der Waals surface area contributed by atoms with Gasteiger partial charge in [-0.2, -0.15) is 5.10 Å². The van der Waals surface area contributed by atoms with Crippen LogP contribution in [0, 0.1) is 5.82 Å². The SMILES string of the molecule is CC(C)(C)OC(=O)NC[C@H]1CN(c2ccc(C(=NNC(=O)OC(C)(C)C)SC3CCOC3=O)c(F)c2)C(=O)O1. The predicted molar refractivity (Wildman–Crippen MR) is 141 cm³/mol. The van der Waals surface area contributed by atoms with Gasteiger partial charge >= 0.3 is 24.2 Å².